The molecule has 4 heteroatoms. The van der Waals surface area contributed by atoms with Crippen LogP contribution in [0.4, 0.5) is 0 Å². The summed E-state index contributed by atoms with van der Waals surface area (Å²) in [5.41, 5.74) is 3.30. The molecule has 0 fully saturated rings. The van der Waals surface area contributed by atoms with Crippen LogP contribution in [-0.4, -0.2) is 43.8 Å². The number of allylic oxidation sites excluding steroid dienone is 8. The Balaban J connectivity index is 4.16. The maximum absolute atomic E-state index is 9.93. The molecule has 0 rings (SSSR count). The van der Waals surface area contributed by atoms with Crippen molar-refractivity contribution in [3.63, 3.8) is 0 Å². The topological polar surface area (TPSA) is 80.9 Å². The van der Waals surface area contributed by atoms with E-state index in [1.54, 1.807) is 27.7 Å². The van der Waals surface area contributed by atoms with Crippen LogP contribution in [0.15, 0.2) is 46.6 Å². The Morgan fingerprint density at radius 1 is 0.529 bits per heavy atom. The first kappa shape index (κ1) is 32.8. The molecule has 0 aliphatic rings. The van der Waals surface area contributed by atoms with E-state index in [4.69, 9.17) is 0 Å². The molecule has 0 spiro atoms. The van der Waals surface area contributed by atoms with Crippen LogP contribution in [0.3, 0.4) is 0 Å². The lowest BCUT2D eigenvalue weighted by Gasteiger charge is -2.24. The summed E-state index contributed by atoms with van der Waals surface area (Å²) in [5, 5.41) is 39.5. The fourth-order valence-corrected chi connectivity index (χ4v) is 3.60. The van der Waals surface area contributed by atoms with E-state index in [0.29, 0.717) is 12.8 Å². The Morgan fingerprint density at radius 2 is 0.794 bits per heavy atom. The van der Waals surface area contributed by atoms with Crippen LogP contribution >= 0.6 is 0 Å². The predicted octanol–water partition coefficient (Wildman–Crippen LogP) is 6.94. The average Bonchev–Trinajstić information content (AvgIpc) is 2.71. The van der Waals surface area contributed by atoms with Crippen molar-refractivity contribution >= 4 is 0 Å². The first-order valence-electron chi connectivity index (χ1n) is 13.1. The lowest BCUT2D eigenvalue weighted by atomic mass is 9.95. The van der Waals surface area contributed by atoms with Gasteiger partial charge in [-0.25, -0.2) is 0 Å². The molecule has 4 N–H and O–H groups in total. The molecule has 0 aromatic heterocycles. The third-order valence-electron chi connectivity index (χ3n) is 6.47. The Kier molecular flexibility index (Phi) is 15.9. The minimum atomic E-state index is -1.04. The smallest absolute Gasteiger partial charge is 0.0849 e. The Bertz CT molecular complexity index is 624. The van der Waals surface area contributed by atoms with E-state index in [1.807, 2.05) is 0 Å². The highest BCUT2D eigenvalue weighted by atomic mass is 16.3. The van der Waals surface area contributed by atoms with Crippen molar-refractivity contribution in [3.05, 3.63) is 46.6 Å². The van der Waals surface area contributed by atoms with Gasteiger partial charge in [0.25, 0.3) is 0 Å². The van der Waals surface area contributed by atoms with Gasteiger partial charge in [-0.15, -0.1) is 0 Å². The van der Waals surface area contributed by atoms with Gasteiger partial charge in [0, 0.05) is 0 Å². The van der Waals surface area contributed by atoms with E-state index in [1.165, 1.54) is 22.3 Å². The molecule has 2 atom stereocenters. The largest absolute Gasteiger partial charge is 0.390 e. The highest BCUT2D eigenvalue weighted by Crippen LogP contribution is 2.19. The third kappa shape index (κ3) is 17.3. The molecule has 0 aromatic rings. The molecule has 198 valence electrons. The Morgan fingerprint density at radius 3 is 1.09 bits per heavy atom. The van der Waals surface area contributed by atoms with Gasteiger partial charge < -0.3 is 20.4 Å². The van der Waals surface area contributed by atoms with Crippen molar-refractivity contribution in [2.75, 3.05) is 0 Å². The van der Waals surface area contributed by atoms with Gasteiger partial charge in [-0.2, -0.15) is 0 Å². The molecule has 0 aromatic carbocycles. The van der Waals surface area contributed by atoms with Crippen molar-refractivity contribution in [1.29, 1.82) is 0 Å². The first-order valence-corrected chi connectivity index (χ1v) is 13.1. The predicted molar refractivity (Wildman–Crippen MR) is 146 cm³/mol. The number of aliphatic hydroxyl groups is 4. The van der Waals surface area contributed by atoms with Gasteiger partial charge in [-0.1, -0.05) is 46.6 Å². The van der Waals surface area contributed by atoms with Crippen LogP contribution in [0.5, 0.6) is 0 Å². The van der Waals surface area contributed by atoms with E-state index < -0.39 is 23.4 Å². The number of unbranched alkanes of at least 4 members (excludes halogenated alkanes) is 1. The van der Waals surface area contributed by atoms with E-state index in [0.717, 1.165) is 51.4 Å². The zero-order chi connectivity index (χ0) is 26.4. The molecule has 4 nitrogen and oxygen atoms in total. The summed E-state index contributed by atoms with van der Waals surface area (Å²) >= 11 is 0. The van der Waals surface area contributed by atoms with Gasteiger partial charge in [0.2, 0.25) is 0 Å². The summed E-state index contributed by atoms with van der Waals surface area (Å²) in [5.74, 6) is 0. The lowest BCUT2D eigenvalue weighted by molar-refractivity contribution is -0.0510. The molecule has 0 amide bonds. The van der Waals surface area contributed by atoms with E-state index in [2.05, 4.69) is 52.0 Å². The van der Waals surface area contributed by atoms with Crippen LogP contribution in [0, 0.1) is 0 Å². The molecule has 0 heterocycles. The van der Waals surface area contributed by atoms with Crippen LogP contribution in [0.25, 0.3) is 0 Å². The van der Waals surface area contributed by atoms with Gasteiger partial charge in [-0.05, 0) is 120 Å². The maximum Gasteiger partial charge on any atom is 0.0849 e. The van der Waals surface area contributed by atoms with Crippen LogP contribution in [0.2, 0.25) is 0 Å². The second kappa shape index (κ2) is 16.5. The number of aliphatic hydroxyl groups excluding tert-OH is 2. The number of hydrogen-bond donors (Lipinski definition) is 4. The van der Waals surface area contributed by atoms with Crippen molar-refractivity contribution in [2.24, 2.45) is 0 Å². The normalized spacial score (nSPS) is 16.7. The fourth-order valence-electron chi connectivity index (χ4n) is 3.60. The summed E-state index contributed by atoms with van der Waals surface area (Å²) in [7, 11) is 0. The van der Waals surface area contributed by atoms with Crippen LogP contribution in [-0.2, 0) is 0 Å². The fraction of sp³-hybridized carbons (Fsp3) is 0.733. The van der Waals surface area contributed by atoms with E-state index >= 15 is 0 Å². The third-order valence-corrected chi connectivity index (χ3v) is 6.47. The SMILES string of the molecule is CC(=CCCC=C(C)CCC=C(C)CCC(O)C(C)(C)O)CCC=C(C)CCC(O)C(C)(C)O. The summed E-state index contributed by atoms with van der Waals surface area (Å²) < 4.78 is 0. The second-order valence-electron chi connectivity index (χ2n) is 11.3. The van der Waals surface area contributed by atoms with Crippen molar-refractivity contribution in [1.82, 2.24) is 0 Å². The molecule has 0 aliphatic carbocycles. The lowest BCUT2D eigenvalue weighted by Crippen LogP contribution is -2.35. The van der Waals surface area contributed by atoms with Gasteiger partial charge >= 0.3 is 0 Å². The molecule has 0 saturated carbocycles. The Hall–Kier alpha value is -1.20. The minimum absolute atomic E-state index is 0.590. The summed E-state index contributed by atoms with van der Waals surface area (Å²) in [4.78, 5) is 0. The minimum Gasteiger partial charge on any atom is -0.390 e. The molecule has 0 bridgehead atoms. The summed E-state index contributed by atoms with van der Waals surface area (Å²) in [6.45, 7) is 15.2. The molecule has 2 unspecified atom stereocenters. The van der Waals surface area contributed by atoms with Crippen molar-refractivity contribution in [2.45, 2.75) is 143 Å². The highest BCUT2D eigenvalue weighted by Gasteiger charge is 2.24. The second-order valence-corrected chi connectivity index (χ2v) is 11.3. The van der Waals surface area contributed by atoms with Gasteiger partial charge in [0.1, 0.15) is 0 Å². The maximum atomic E-state index is 9.93. The number of hydrogen-bond acceptors (Lipinski definition) is 4. The van der Waals surface area contributed by atoms with Crippen LogP contribution < -0.4 is 0 Å². The average molecular weight is 479 g/mol. The monoisotopic (exact) mass is 478 g/mol. The van der Waals surface area contributed by atoms with Crippen LogP contribution in [0.1, 0.15) is 120 Å². The summed E-state index contributed by atoms with van der Waals surface area (Å²) in [6, 6.07) is 0. The molecule has 0 aliphatic heterocycles. The van der Waals surface area contributed by atoms with Gasteiger partial charge in [0.05, 0.1) is 23.4 Å². The molecular formula is C30H54O4. The zero-order valence-electron chi connectivity index (χ0n) is 23.3. The zero-order valence-corrected chi connectivity index (χ0v) is 23.3. The standard InChI is InChI=1S/C30H54O4/c1-23(15-11-17-25(3)19-21-27(31)29(5,6)33)13-9-10-14-24(2)16-12-18-26(4)20-22-28(32)30(7,8)34/h13-14,17-18,27-28,31-34H,9-12,15-16,19-22H2,1-8H3. The van der Waals surface area contributed by atoms with E-state index in [9.17, 15) is 20.4 Å². The molecule has 34 heavy (non-hydrogen) atoms. The molecule has 0 saturated heterocycles. The molecule has 0 radical (unpaired) electrons. The quantitative estimate of drug-likeness (QED) is 0.135. The van der Waals surface area contributed by atoms with Gasteiger partial charge in [-0.3, -0.25) is 0 Å². The Labute approximate surface area is 210 Å². The van der Waals surface area contributed by atoms with Gasteiger partial charge in [0.15, 0.2) is 0 Å². The summed E-state index contributed by atoms with van der Waals surface area (Å²) in [6.07, 6.45) is 16.9. The van der Waals surface area contributed by atoms with Crippen molar-refractivity contribution in [3.8, 4) is 0 Å². The molecular weight excluding hydrogens is 424 g/mol. The van der Waals surface area contributed by atoms with Crippen molar-refractivity contribution < 1.29 is 20.4 Å². The highest BCUT2D eigenvalue weighted by molar-refractivity contribution is 5.07. The first-order chi connectivity index (χ1) is 15.6. The number of rotatable bonds is 17. The van der Waals surface area contributed by atoms with E-state index in [-0.39, 0.29) is 0 Å².